The molecule has 19 heteroatoms. The van der Waals surface area contributed by atoms with E-state index in [0.29, 0.717) is 155 Å². The van der Waals surface area contributed by atoms with Gasteiger partial charge in [-0.25, -0.2) is 38.9 Å². The van der Waals surface area contributed by atoms with Gasteiger partial charge in [-0.05, 0) is 183 Å². The van der Waals surface area contributed by atoms with Crippen molar-refractivity contribution in [3.63, 3.8) is 0 Å². The largest absolute Gasteiger partial charge is 0.502 e. The first kappa shape index (κ1) is 82.4. The third-order valence-electron chi connectivity index (χ3n) is 14.8. The van der Waals surface area contributed by atoms with Crippen LogP contribution in [0.15, 0.2) is 149 Å². The van der Waals surface area contributed by atoms with Gasteiger partial charge in [-0.15, -0.1) is 19.7 Å². The van der Waals surface area contributed by atoms with Gasteiger partial charge in [0.15, 0.2) is 23.0 Å². The normalized spacial score (nSPS) is 11.1. The van der Waals surface area contributed by atoms with Gasteiger partial charge >= 0.3 is 11.9 Å². The standard InChI is InChI=1S/C79H110O19/c1-7-51-91-94-63-36-22-19-31-58-86-73-46-42-66(76(87-59-32-17-14-28-55-83-11-5)79(73)90-62-35-21-24-38-65-96-93-53-9-3)43-49-74(80)97-70-47-48-71(69-40-26-25-39-68(69)70)98-75(81)50-44-67-41-45-72(85-57-30-16-13-27-54-82-10-4)78(89-61-34-18-15-29-56-84-12-6)77(67)88-60-33-20-23-37-64-95-92-52-8-2/h7-12,25-26,39-50H,1-6,13-24,27-38,51-65H2/b49-43+,50-44+. The van der Waals surface area contributed by atoms with Crippen LogP contribution in [0.5, 0.6) is 46.0 Å². The second-order valence-corrected chi connectivity index (χ2v) is 22.6. The lowest BCUT2D eigenvalue weighted by Crippen LogP contribution is -2.08. The van der Waals surface area contributed by atoms with Gasteiger partial charge in [0.05, 0.1) is 98.1 Å². The molecule has 0 amide bonds. The molecule has 0 saturated heterocycles. The maximum absolute atomic E-state index is 13.9. The third kappa shape index (κ3) is 37.1. The second-order valence-electron chi connectivity index (χ2n) is 22.6. The highest BCUT2D eigenvalue weighted by atomic mass is 17.2. The van der Waals surface area contributed by atoms with Gasteiger partial charge in [0.1, 0.15) is 31.3 Å². The monoisotopic (exact) mass is 1360 g/mol. The molecule has 0 N–H and O–H groups in total. The Morgan fingerprint density at radius 1 is 0.286 bits per heavy atom. The molecule has 4 aromatic rings. The average molecular weight is 1360 g/mol. The summed E-state index contributed by atoms with van der Waals surface area (Å²) in [5.74, 6) is 2.17. The number of hydrogen-bond acceptors (Lipinski definition) is 19. The van der Waals surface area contributed by atoms with Gasteiger partial charge < -0.3 is 52.1 Å². The number of carbonyl (C=O) groups is 2. The summed E-state index contributed by atoms with van der Waals surface area (Å²) in [6, 6.07) is 17.9. The predicted molar refractivity (Wildman–Crippen MR) is 385 cm³/mol. The Morgan fingerprint density at radius 2 is 0.561 bits per heavy atom. The van der Waals surface area contributed by atoms with Crippen molar-refractivity contribution in [2.45, 2.75) is 154 Å². The van der Waals surface area contributed by atoms with Crippen molar-refractivity contribution in [1.82, 2.24) is 0 Å². The molecule has 98 heavy (non-hydrogen) atoms. The molecular formula is C79H110O19. The summed E-state index contributed by atoms with van der Waals surface area (Å²) >= 11 is 0. The van der Waals surface area contributed by atoms with Gasteiger partial charge in [0.2, 0.25) is 11.5 Å². The fourth-order valence-corrected chi connectivity index (χ4v) is 9.75. The van der Waals surface area contributed by atoms with Crippen LogP contribution in [-0.2, 0) is 53.1 Å². The van der Waals surface area contributed by atoms with Crippen molar-refractivity contribution in [2.75, 3.05) is 99.1 Å². The molecule has 19 nitrogen and oxygen atoms in total. The van der Waals surface area contributed by atoms with Crippen LogP contribution in [0.3, 0.4) is 0 Å². The Balaban J connectivity index is 1.58. The van der Waals surface area contributed by atoms with Crippen LogP contribution in [-0.4, -0.2) is 111 Å². The molecule has 0 atom stereocenters. The SMILES string of the molecule is C=CCOOCCCCCCOc1ccc(/C=C/C(=O)Oc2ccc(OC(=O)/C=C/c3ccc(OCCCCCCOC=C)c(OCCCCCCOC=C)c3OCCCCCCOOCC=C)c3ccccc23)c(OCCCCCCOC=C)c1OCCCCCCOOCC=C. The molecule has 0 aliphatic rings. The van der Waals surface area contributed by atoms with Crippen molar-refractivity contribution in [2.24, 2.45) is 0 Å². The number of esters is 2. The van der Waals surface area contributed by atoms with E-state index in [-0.39, 0.29) is 11.5 Å². The number of benzene rings is 4. The summed E-state index contributed by atoms with van der Waals surface area (Å²) < 4.78 is 67.2. The molecule has 0 fully saturated rings. The quantitative estimate of drug-likeness (QED) is 0.00592. The summed E-state index contributed by atoms with van der Waals surface area (Å²) in [7, 11) is 0. The zero-order valence-electron chi connectivity index (χ0n) is 58.1. The number of rotatable bonds is 66. The van der Waals surface area contributed by atoms with E-state index in [1.165, 1.54) is 30.9 Å². The van der Waals surface area contributed by atoms with Crippen molar-refractivity contribution in [3.05, 3.63) is 160 Å². The number of ether oxygens (including phenoxy) is 11. The Bertz CT molecular complexity index is 2900. The van der Waals surface area contributed by atoms with Crippen molar-refractivity contribution >= 4 is 34.9 Å². The van der Waals surface area contributed by atoms with E-state index >= 15 is 0 Å². The molecule has 0 unspecified atom stereocenters. The molecule has 0 saturated carbocycles. The highest BCUT2D eigenvalue weighted by Crippen LogP contribution is 2.44. The Morgan fingerprint density at radius 3 is 0.867 bits per heavy atom. The van der Waals surface area contributed by atoms with Crippen LogP contribution in [0, 0.1) is 0 Å². The van der Waals surface area contributed by atoms with Gasteiger partial charge in [-0.1, -0.05) is 81.5 Å². The fraction of sp³-hybridized carbons (Fsp3) is 0.494. The van der Waals surface area contributed by atoms with E-state index in [2.05, 4.69) is 39.5 Å². The number of hydrogen-bond donors (Lipinski definition) is 0. The van der Waals surface area contributed by atoms with Gasteiger partial charge in [-0.2, -0.15) is 0 Å². The highest BCUT2D eigenvalue weighted by Gasteiger charge is 2.21. The van der Waals surface area contributed by atoms with E-state index in [9.17, 15) is 9.59 Å². The van der Waals surface area contributed by atoms with E-state index in [1.54, 1.807) is 54.6 Å². The molecule has 0 radical (unpaired) electrons. The van der Waals surface area contributed by atoms with Crippen LogP contribution in [0.1, 0.15) is 165 Å². The first-order chi connectivity index (χ1) is 48.4. The van der Waals surface area contributed by atoms with Crippen molar-refractivity contribution in [1.29, 1.82) is 0 Å². The van der Waals surface area contributed by atoms with Gasteiger partial charge in [-0.3, -0.25) is 0 Å². The van der Waals surface area contributed by atoms with E-state index < -0.39 is 11.9 Å². The van der Waals surface area contributed by atoms with Crippen LogP contribution in [0.2, 0.25) is 0 Å². The lowest BCUT2D eigenvalue weighted by Gasteiger charge is -2.19. The zero-order valence-corrected chi connectivity index (χ0v) is 58.1. The molecule has 0 heterocycles. The second kappa shape index (κ2) is 56.9. The number of unbranched alkanes of at least 4 members (excludes halogenated alkanes) is 18. The van der Waals surface area contributed by atoms with Gasteiger partial charge in [0.25, 0.3) is 0 Å². The van der Waals surface area contributed by atoms with Crippen LogP contribution >= 0.6 is 0 Å². The third-order valence-corrected chi connectivity index (χ3v) is 14.8. The molecule has 4 rings (SSSR count). The smallest absolute Gasteiger partial charge is 0.336 e. The molecule has 540 valence electrons. The van der Waals surface area contributed by atoms with E-state index in [1.807, 2.05) is 36.4 Å². The van der Waals surface area contributed by atoms with Crippen molar-refractivity contribution in [3.8, 4) is 46.0 Å². The minimum atomic E-state index is -0.646. The Hall–Kier alpha value is -8.04. The predicted octanol–water partition coefficient (Wildman–Crippen LogP) is 18.6. The molecular weight excluding hydrogens is 1250 g/mol. The van der Waals surface area contributed by atoms with Crippen LogP contribution < -0.4 is 37.9 Å². The summed E-state index contributed by atoms with van der Waals surface area (Å²) in [6.45, 7) is 28.7. The summed E-state index contributed by atoms with van der Waals surface area (Å²) in [6.07, 6.45) is 36.5. The zero-order chi connectivity index (χ0) is 69.8. The topological polar surface area (TPSA) is 191 Å². The van der Waals surface area contributed by atoms with Crippen molar-refractivity contribution < 1.29 is 91.0 Å². The molecule has 4 aromatic carbocycles. The molecule has 0 spiro atoms. The van der Waals surface area contributed by atoms with Crippen LogP contribution in [0.25, 0.3) is 22.9 Å². The average Bonchev–Trinajstić information content (AvgIpc) is 0.830. The molecule has 0 aromatic heterocycles. The minimum Gasteiger partial charge on any atom is -0.502 e. The summed E-state index contributed by atoms with van der Waals surface area (Å²) in [5.41, 5.74) is 1.20. The Kier molecular flexibility index (Phi) is 47.9. The summed E-state index contributed by atoms with van der Waals surface area (Å²) in [5, 5.41) is 1.10. The van der Waals surface area contributed by atoms with Crippen LogP contribution in [0.4, 0.5) is 0 Å². The number of fused-ring (bicyclic) bond motifs is 1. The van der Waals surface area contributed by atoms with Gasteiger partial charge in [0, 0.05) is 34.1 Å². The van der Waals surface area contributed by atoms with E-state index in [0.717, 1.165) is 154 Å². The van der Waals surface area contributed by atoms with E-state index in [4.69, 9.17) is 81.4 Å². The highest BCUT2D eigenvalue weighted by molar-refractivity contribution is 5.99. The first-order valence-corrected chi connectivity index (χ1v) is 35.0. The molecule has 0 aliphatic carbocycles. The lowest BCUT2D eigenvalue weighted by molar-refractivity contribution is -0.286. The minimum absolute atomic E-state index is 0.264. The summed E-state index contributed by atoms with van der Waals surface area (Å²) in [4.78, 5) is 58.7. The number of carbonyl (C=O) groups excluding carboxylic acids is 2. The molecule has 0 aliphatic heterocycles. The maximum Gasteiger partial charge on any atom is 0.336 e. The fourth-order valence-electron chi connectivity index (χ4n) is 9.75. The molecule has 0 bridgehead atoms. The Labute approximate surface area is 583 Å². The lowest BCUT2D eigenvalue weighted by atomic mass is 10.1. The maximum atomic E-state index is 13.9. The first-order valence-electron chi connectivity index (χ1n) is 35.0.